The Bertz CT molecular complexity index is 693. The van der Waals surface area contributed by atoms with Gasteiger partial charge in [0.05, 0.1) is 38.8 Å². The molecular formula is C18H24N2O6. The number of urea groups is 1. The number of esters is 1. The molecule has 0 radical (unpaired) electrons. The van der Waals surface area contributed by atoms with Gasteiger partial charge in [-0.1, -0.05) is 12.1 Å². The van der Waals surface area contributed by atoms with Crippen LogP contribution in [0.3, 0.4) is 0 Å². The molecule has 0 heterocycles. The molecule has 1 rings (SSSR count). The van der Waals surface area contributed by atoms with Crippen molar-refractivity contribution in [1.29, 1.82) is 0 Å². The Morgan fingerprint density at radius 2 is 1.65 bits per heavy atom. The van der Waals surface area contributed by atoms with Gasteiger partial charge in [-0.25, -0.2) is 9.59 Å². The molecule has 3 amide bonds. The summed E-state index contributed by atoms with van der Waals surface area (Å²) in [5.41, 5.74) is -0.577. The first kappa shape index (κ1) is 21.2. The van der Waals surface area contributed by atoms with E-state index in [1.807, 2.05) is 0 Å². The van der Waals surface area contributed by atoms with Crippen molar-refractivity contribution in [2.24, 2.45) is 0 Å². The van der Waals surface area contributed by atoms with Crippen molar-refractivity contribution in [3.05, 3.63) is 42.2 Å². The Balaban J connectivity index is 3.39. The van der Waals surface area contributed by atoms with Gasteiger partial charge in [0.1, 0.15) is 0 Å². The molecule has 0 spiro atoms. The minimum Gasteiger partial charge on any atom is -0.504 e. The van der Waals surface area contributed by atoms with E-state index in [0.717, 1.165) is 16.0 Å². The molecule has 0 aromatic heterocycles. The number of imide groups is 1. The zero-order valence-corrected chi connectivity index (χ0v) is 15.8. The van der Waals surface area contributed by atoms with Crippen molar-refractivity contribution in [3.63, 3.8) is 0 Å². The zero-order chi connectivity index (χ0) is 19.9. The monoisotopic (exact) mass is 364 g/mol. The van der Waals surface area contributed by atoms with E-state index in [2.05, 4.69) is 0 Å². The second kappa shape index (κ2) is 9.00. The Labute approximate surface area is 152 Å². The summed E-state index contributed by atoms with van der Waals surface area (Å²) in [4.78, 5) is 43.7. The fourth-order valence-corrected chi connectivity index (χ4v) is 2.22. The first-order chi connectivity index (χ1) is 12.2. The van der Waals surface area contributed by atoms with Crippen LogP contribution in [0.1, 0.15) is 31.1 Å². The third-order valence-corrected chi connectivity index (χ3v) is 3.31. The van der Waals surface area contributed by atoms with Crippen LogP contribution in [0.15, 0.2) is 36.6 Å². The lowest BCUT2D eigenvalue weighted by Crippen LogP contribution is -2.54. The summed E-state index contributed by atoms with van der Waals surface area (Å²) in [6.45, 7) is 5.09. The third kappa shape index (κ3) is 4.82. The topological polar surface area (TPSA) is 85.4 Å². The summed E-state index contributed by atoms with van der Waals surface area (Å²) in [5, 5.41) is 0.871. The number of hydroxylamine groups is 1. The number of carbonyl (C=O) groups excluding carboxylic acids is 3. The van der Waals surface area contributed by atoms with E-state index in [-0.39, 0.29) is 11.3 Å². The SMILES string of the molecule is CO/C=C/C(=O)N(C(=O)N(OC)c1ccccc1C(=O)OC)C(C)(C)C. The molecule has 0 bridgehead atoms. The number of benzene rings is 1. The second-order valence-corrected chi connectivity index (χ2v) is 6.15. The first-order valence-corrected chi connectivity index (χ1v) is 7.78. The van der Waals surface area contributed by atoms with Crippen LogP contribution in [0.25, 0.3) is 0 Å². The summed E-state index contributed by atoms with van der Waals surface area (Å²) in [6, 6.07) is 5.51. The predicted molar refractivity (Wildman–Crippen MR) is 95.4 cm³/mol. The van der Waals surface area contributed by atoms with Crippen molar-refractivity contribution in [2.45, 2.75) is 26.3 Å². The average Bonchev–Trinajstić information content (AvgIpc) is 2.59. The highest BCUT2D eigenvalue weighted by atomic mass is 16.7. The van der Waals surface area contributed by atoms with Gasteiger partial charge in [0, 0.05) is 11.6 Å². The number of hydrogen-bond donors (Lipinski definition) is 0. The third-order valence-electron chi connectivity index (χ3n) is 3.31. The summed E-state index contributed by atoms with van der Waals surface area (Å²) in [7, 11) is 3.89. The summed E-state index contributed by atoms with van der Waals surface area (Å²) >= 11 is 0. The molecular weight excluding hydrogens is 340 g/mol. The number of anilines is 1. The lowest BCUT2D eigenvalue weighted by Gasteiger charge is -2.36. The quantitative estimate of drug-likeness (QED) is 0.346. The van der Waals surface area contributed by atoms with Gasteiger partial charge >= 0.3 is 12.0 Å². The molecule has 0 aliphatic carbocycles. The molecule has 0 saturated carbocycles. The van der Waals surface area contributed by atoms with Crippen molar-refractivity contribution >= 4 is 23.6 Å². The maximum Gasteiger partial charge on any atom is 0.356 e. The molecule has 0 unspecified atom stereocenters. The van der Waals surface area contributed by atoms with Crippen LogP contribution in [-0.4, -0.2) is 49.7 Å². The Morgan fingerprint density at radius 1 is 1.04 bits per heavy atom. The van der Waals surface area contributed by atoms with E-state index in [0.29, 0.717) is 0 Å². The fourth-order valence-electron chi connectivity index (χ4n) is 2.22. The van der Waals surface area contributed by atoms with Gasteiger partial charge in [-0.2, -0.15) is 5.06 Å². The highest BCUT2D eigenvalue weighted by molar-refractivity contribution is 6.08. The van der Waals surface area contributed by atoms with E-state index < -0.39 is 23.4 Å². The van der Waals surface area contributed by atoms with E-state index >= 15 is 0 Å². The van der Waals surface area contributed by atoms with E-state index in [1.165, 1.54) is 39.7 Å². The Morgan fingerprint density at radius 3 is 2.15 bits per heavy atom. The van der Waals surface area contributed by atoms with Gasteiger partial charge in [0.25, 0.3) is 5.91 Å². The molecule has 0 saturated heterocycles. The molecule has 8 heteroatoms. The smallest absolute Gasteiger partial charge is 0.356 e. The maximum absolute atomic E-state index is 13.1. The predicted octanol–water partition coefficient (Wildman–Crippen LogP) is 2.75. The van der Waals surface area contributed by atoms with Crippen LogP contribution < -0.4 is 5.06 Å². The zero-order valence-electron chi connectivity index (χ0n) is 15.8. The Kier molecular flexibility index (Phi) is 7.33. The van der Waals surface area contributed by atoms with Crippen LogP contribution in [0.5, 0.6) is 0 Å². The summed E-state index contributed by atoms with van der Waals surface area (Å²) in [6.07, 6.45) is 2.30. The van der Waals surface area contributed by atoms with Crippen molar-refractivity contribution < 1.29 is 28.7 Å². The molecule has 0 aliphatic rings. The van der Waals surface area contributed by atoms with Crippen molar-refractivity contribution in [2.75, 3.05) is 26.4 Å². The number of methoxy groups -OCH3 is 2. The van der Waals surface area contributed by atoms with Gasteiger partial charge in [0.15, 0.2) is 0 Å². The molecule has 0 fully saturated rings. The molecule has 1 aromatic carbocycles. The number of carbonyl (C=O) groups is 3. The lowest BCUT2D eigenvalue weighted by molar-refractivity contribution is -0.127. The average molecular weight is 364 g/mol. The highest BCUT2D eigenvalue weighted by Gasteiger charge is 2.36. The molecule has 0 N–H and O–H groups in total. The first-order valence-electron chi connectivity index (χ1n) is 7.78. The van der Waals surface area contributed by atoms with Crippen LogP contribution in [0, 0.1) is 0 Å². The Hall–Kier alpha value is -2.87. The number of para-hydroxylation sites is 1. The highest BCUT2D eigenvalue weighted by Crippen LogP contribution is 2.25. The minimum atomic E-state index is -0.858. The van der Waals surface area contributed by atoms with Gasteiger partial charge in [-0.05, 0) is 32.9 Å². The molecule has 1 aromatic rings. The fraction of sp³-hybridized carbons (Fsp3) is 0.389. The minimum absolute atomic E-state index is 0.124. The van der Waals surface area contributed by atoms with Gasteiger partial charge in [-0.15, -0.1) is 0 Å². The van der Waals surface area contributed by atoms with E-state index in [1.54, 1.807) is 32.9 Å². The van der Waals surface area contributed by atoms with Crippen molar-refractivity contribution in [3.8, 4) is 0 Å². The summed E-state index contributed by atoms with van der Waals surface area (Å²) in [5.74, 6) is -1.23. The maximum atomic E-state index is 13.1. The standard InChI is InChI=1S/C18H24N2O6/c1-18(2,3)19(15(21)11-12-24-4)17(23)20(26-6)14-10-8-7-9-13(14)16(22)25-5/h7-12H,1-6H3/b12-11+. The van der Waals surface area contributed by atoms with Crippen LogP contribution >= 0.6 is 0 Å². The normalized spacial score (nSPS) is 11.2. The summed E-state index contributed by atoms with van der Waals surface area (Å²) < 4.78 is 9.49. The molecule has 142 valence electrons. The number of ether oxygens (including phenoxy) is 2. The lowest BCUT2D eigenvalue weighted by atomic mass is 10.1. The van der Waals surface area contributed by atoms with Gasteiger partial charge in [-0.3, -0.25) is 14.5 Å². The van der Waals surface area contributed by atoms with Crippen LogP contribution in [-0.2, 0) is 19.1 Å². The number of hydrogen-bond acceptors (Lipinski definition) is 6. The van der Waals surface area contributed by atoms with Gasteiger partial charge < -0.3 is 9.47 Å². The van der Waals surface area contributed by atoms with Gasteiger partial charge in [0.2, 0.25) is 0 Å². The molecule has 0 atom stereocenters. The number of nitrogens with zero attached hydrogens (tertiary/aromatic N) is 2. The number of rotatable bonds is 5. The molecule has 8 nitrogen and oxygen atoms in total. The van der Waals surface area contributed by atoms with E-state index in [9.17, 15) is 14.4 Å². The van der Waals surface area contributed by atoms with Crippen LogP contribution in [0.2, 0.25) is 0 Å². The van der Waals surface area contributed by atoms with Crippen molar-refractivity contribution in [1.82, 2.24) is 4.90 Å². The second-order valence-electron chi connectivity index (χ2n) is 6.15. The van der Waals surface area contributed by atoms with Crippen LogP contribution in [0.4, 0.5) is 10.5 Å². The van der Waals surface area contributed by atoms with E-state index in [4.69, 9.17) is 14.3 Å². The largest absolute Gasteiger partial charge is 0.504 e. The number of amides is 3. The molecule has 0 aliphatic heterocycles. The molecule has 26 heavy (non-hydrogen) atoms.